The predicted molar refractivity (Wildman–Crippen MR) is 98.1 cm³/mol. The molecule has 0 aliphatic carbocycles. The van der Waals surface area contributed by atoms with Crippen LogP contribution in [0.4, 0.5) is 4.79 Å². The van der Waals surface area contributed by atoms with Gasteiger partial charge in [-0.3, -0.25) is 0 Å². The van der Waals surface area contributed by atoms with Crippen LogP contribution in [0.15, 0.2) is 84.9 Å². The molecule has 0 heterocycles. The van der Waals surface area contributed by atoms with E-state index in [2.05, 4.69) is 31.2 Å². The van der Waals surface area contributed by atoms with Crippen LogP contribution in [0.3, 0.4) is 0 Å². The summed E-state index contributed by atoms with van der Waals surface area (Å²) in [5.41, 5.74) is 2.51. The zero-order valence-electron chi connectivity index (χ0n) is 14.1. The van der Waals surface area contributed by atoms with Crippen LogP contribution in [0.1, 0.15) is 24.0 Å². The Hall–Kier alpha value is -3.07. The van der Waals surface area contributed by atoms with E-state index in [9.17, 15) is 4.79 Å². The van der Waals surface area contributed by atoms with Gasteiger partial charge in [-0.1, -0.05) is 67.6 Å². The van der Waals surface area contributed by atoms with E-state index in [0.717, 1.165) is 6.42 Å². The standard InChI is InChI=1S/C22H20O3/c1-17(19-8-4-2-5-9-19)16-18-12-14-21(15-13-18)25-22(23)24-20-10-6-3-7-11-20/h2-15,17H,16H2,1H3. The lowest BCUT2D eigenvalue weighted by atomic mass is 9.94. The third-order valence-corrected chi connectivity index (χ3v) is 3.98. The summed E-state index contributed by atoms with van der Waals surface area (Å²) in [6.07, 6.45) is 0.190. The van der Waals surface area contributed by atoms with Gasteiger partial charge in [0.2, 0.25) is 0 Å². The van der Waals surface area contributed by atoms with Crippen molar-refractivity contribution in [1.82, 2.24) is 0 Å². The second-order valence-electron chi connectivity index (χ2n) is 5.93. The first-order valence-electron chi connectivity index (χ1n) is 8.29. The fraction of sp³-hybridized carbons (Fsp3) is 0.136. The molecule has 25 heavy (non-hydrogen) atoms. The van der Waals surface area contributed by atoms with E-state index >= 15 is 0 Å². The Kier molecular flexibility index (Phi) is 5.47. The summed E-state index contributed by atoms with van der Waals surface area (Å²) in [4.78, 5) is 11.8. The molecule has 0 N–H and O–H groups in total. The number of ether oxygens (including phenoxy) is 2. The summed E-state index contributed by atoms with van der Waals surface area (Å²) in [5, 5.41) is 0. The monoisotopic (exact) mass is 332 g/mol. The number of para-hydroxylation sites is 1. The summed E-state index contributed by atoms with van der Waals surface area (Å²) in [5.74, 6) is 1.36. The minimum absolute atomic E-state index is 0.427. The molecule has 1 atom stereocenters. The van der Waals surface area contributed by atoms with Crippen molar-refractivity contribution in [1.29, 1.82) is 0 Å². The maximum atomic E-state index is 11.8. The fourth-order valence-corrected chi connectivity index (χ4v) is 2.65. The van der Waals surface area contributed by atoms with Gasteiger partial charge >= 0.3 is 6.16 Å². The first-order chi connectivity index (χ1) is 12.2. The Morgan fingerprint density at radius 1 is 0.760 bits per heavy atom. The lowest BCUT2D eigenvalue weighted by molar-refractivity contribution is 0.152. The molecule has 3 heteroatoms. The Balaban J connectivity index is 1.56. The van der Waals surface area contributed by atoms with Crippen molar-refractivity contribution in [2.75, 3.05) is 0 Å². The molecule has 0 saturated heterocycles. The van der Waals surface area contributed by atoms with Gasteiger partial charge in [0.05, 0.1) is 0 Å². The third kappa shape index (κ3) is 4.95. The van der Waals surface area contributed by atoms with Crippen molar-refractivity contribution in [2.45, 2.75) is 19.3 Å². The molecule has 3 aromatic carbocycles. The third-order valence-electron chi connectivity index (χ3n) is 3.98. The highest BCUT2D eigenvalue weighted by Crippen LogP contribution is 2.22. The minimum Gasteiger partial charge on any atom is -0.395 e. The van der Waals surface area contributed by atoms with E-state index in [1.807, 2.05) is 24.3 Å². The molecular formula is C22H20O3. The van der Waals surface area contributed by atoms with Gasteiger partial charge in [0.1, 0.15) is 11.5 Å². The van der Waals surface area contributed by atoms with E-state index in [1.165, 1.54) is 11.1 Å². The molecule has 3 nitrogen and oxygen atoms in total. The van der Waals surface area contributed by atoms with Crippen LogP contribution in [-0.4, -0.2) is 6.16 Å². The Morgan fingerprint density at radius 3 is 1.88 bits per heavy atom. The van der Waals surface area contributed by atoms with Crippen LogP contribution in [0.2, 0.25) is 0 Å². The molecule has 0 bridgehead atoms. The molecule has 3 aromatic rings. The summed E-state index contributed by atoms with van der Waals surface area (Å²) in [6, 6.07) is 26.8. The zero-order chi connectivity index (χ0) is 17.5. The topological polar surface area (TPSA) is 35.5 Å². The lowest BCUT2D eigenvalue weighted by Gasteiger charge is -2.12. The van der Waals surface area contributed by atoms with Crippen molar-refractivity contribution in [3.8, 4) is 11.5 Å². The van der Waals surface area contributed by atoms with E-state index in [1.54, 1.807) is 36.4 Å². The average Bonchev–Trinajstić information content (AvgIpc) is 2.65. The van der Waals surface area contributed by atoms with Crippen LogP contribution < -0.4 is 9.47 Å². The van der Waals surface area contributed by atoms with Crippen molar-refractivity contribution >= 4 is 6.16 Å². The van der Waals surface area contributed by atoms with Crippen LogP contribution in [-0.2, 0) is 6.42 Å². The van der Waals surface area contributed by atoms with Gasteiger partial charge in [0, 0.05) is 0 Å². The van der Waals surface area contributed by atoms with Gasteiger partial charge in [-0.15, -0.1) is 0 Å². The second kappa shape index (κ2) is 8.15. The first kappa shape index (κ1) is 16.8. The summed E-state index contributed by atoms with van der Waals surface area (Å²) < 4.78 is 10.3. The number of hydrogen-bond acceptors (Lipinski definition) is 3. The van der Waals surface area contributed by atoms with E-state index < -0.39 is 6.16 Å². The van der Waals surface area contributed by atoms with Crippen LogP contribution in [0.25, 0.3) is 0 Å². The van der Waals surface area contributed by atoms with Crippen LogP contribution in [0.5, 0.6) is 11.5 Å². The molecule has 126 valence electrons. The highest BCUT2D eigenvalue weighted by Gasteiger charge is 2.09. The Bertz CT molecular complexity index is 796. The maximum Gasteiger partial charge on any atom is 0.519 e. The first-order valence-corrected chi connectivity index (χ1v) is 8.29. The van der Waals surface area contributed by atoms with Crippen molar-refractivity contribution in [3.05, 3.63) is 96.1 Å². The number of hydrogen-bond donors (Lipinski definition) is 0. The van der Waals surface area contributed by atoms with Gasteiger partial charge in [0.15, 0.2) is 0 Å². The summed E-state index contributed by atoms with van der Waals surface area (Å²) in [6.45, 7) is 2.21. The zero-order valence-corrected chi connectivity index (χ0v) is 14.1. The Labute approximate surface area is 147 Å². The van der Waals surface area contributed by atoms with Crippen molar-refractivity contribution in [3.63, 3.8) is 0 Å². The second-order valence-corrected chi connectivity index (χ2v) is 5.93. The molecule has 0 saturated carbocycles. The van der Waals surface area contributed by atoms with E-state index in [0.29, 0.717) is 17.4 Å². The Morgan fingerprint density at radius 2 is 1.28 bits per heavy atom. The van der Waals surface area contributed by atoms with Crippen LogP contribution in [0, 0.1) is 0 Å². The SMILES string of the molecule is CC(Cc1ccc(OC(=O)Oc2ccccc2)cc1)c1ccccc1. The van der Waals surface area contributed by atoms with Gasteiger partial charge in [-0.25, -0.2) is 4.79 Å². The fourth-order valence-electron chi connectivity index (χ4n) is 2.65. The molecule has 0 aliphatic heterocycles. The molecule has 0 radical (unpaired) electrons. The molecule has 0 aliphatic rings. The molecule has 0 spiro atoms. The number of rotatable bonds is 5. The van der Waals surface area contributed by atoms with E-state index in [-0.39, 0.29) is 0 Å². The minimum atomic E-state index is -0.739. The van der Waals surface area contributed by atoms with Crippen LogP contribution >= 0.6 is 0 Å². The van der Waals surface area contributed by atoms with Gasteiger partial charge in [-0.2, -0.15) is 0 Å². The number of carbonyl (C=O) groups excluding carboxylic acids is 1. The molecule has 0 aromatic heterocycles. The predicted octanol–water partition coefficient (Wildman–Crippen LogP) is 5.61. The van der Waals surface area contributed by atoms with Crippen molar-refractivity contribution in [2.24, 2.45) is 0 Å². The quantitative estimate of drug-likeness (QED) is 0.450. The maximum absolute atomic E-state index is 11.8. The normalized spacial score (nSPS) is 11.6. The lowest BCUT2D eigenvalue weighted by Crippen LogP contribution is -2.13. The summed E-state index contributed by atoms with van der Waals surface area (Å²) in [7, 11) is 0. The van der Waals surface area contributed by atoms with Gasteiger partial charge in [0.25, 0.3) is 0 Å². The molecule has 3 rings (SSSR count). The van der Waals surface area contributed by atoms with Crippen molar-refractivity contribution < 1.29 is 14.3 Å². The highest BCUT2D eigenvalue weighted by atomic mass is 16.7. The number of benzene rings is 3. The number of carbonyl (C=O) groups is 1. The van der Waals surface area contributed by atoms with Gasteiger partial charge in [-0.05, 0) is 47.7 Å². The van der Waals surface area contributed by atoms with Gasteiger partial charge < -0.3 is 9.47 Å². The molecule has 0 amide bonds. The largest absolute Gasteiger partial charge is 0.519 e. The molecule has 1 unspecified atom stereocenters. The molecular weight excluding hydrogens is 312 g/mol. The van der Waals surface area contributed by atoms with E-state index in [4.69, 9.17) is 9.47 Å². The smallest absolute Gasteiger partial charge is 0.395 e. The molecule has 0 fully saturated rings. The summed E-state index contributed by atoms with van der Waals surface area (Å²) >= 11 is 0. The average molecular weight is 332 g/mol. The highest BCUT2D eigenvalue weighted by molar-refractivity contribution is 5.67.